The van der Waals surface area contributed by atoms with Gasteiger partial charge in [0.05, 0.1) is 11.3 Å². The minimum Gasteiger partial charge on any atom is -0.383 e. The molecule has 15 heavy (non-hydrogen) atoms. The van der Waals surface area contributed by atoms with Crippen LogP contribution in [0.1, 0.15) is 5.69 Å². The lowest BCUT2D eigenvalue weighted by molar-refractivity contribution is -0.458. The van der Waals surface area contributed by atoms with E-state index in [4.69, 9.17) is 0 Å². The van der Waals surface area contributed by atoms with Gasteiger partial charge in [0, 0.05) is 26.5 Å². The van der Waals surface area contributed by atoms with Crippen molar-refractivity contribution in [1.29, 1.82) is 0 Å². The van der Waals surface area contributed by atoms with Crippen molar-refractivity contribution in [1.82, 2.24) is 9.88 Å². The molecule has 0 N–H and O–H groups in total. The fraction of sp³-hybridized carbons (Fsp3) is 0.333. The molecule has 3 heteroatoms. The molecular formula is C12H18N3+. The molecule has 80 valence electrons. The van der Waals surface area contributed by atoms with Crippen LogP contribution in [-0.2, 0) is 0 Å². The van der Waals surface area contributed by atoms with Crippen molar-refractivity contribution in [3.8, 4) is 0 Å². The molecule has 0 aromatic carbocycles. The lowest BCUT2D eigenvalue weighted by Gasteiger charge is -2.06. The third-order valence-electron chi connectivity index (χ3n) is 1.76. The van der Waals surface area contributed by atoms with E-state index in [0.29, 0.717) is 0 Å². The fourth-order valence-corrected chi connectivity index (χ4v) is 1.26. The Hall–Kier alpha value is -1.64. The molecule has 0 aliphatic heterocycles. The number of hydrogen-bond donors (Lipinski definition) is 0. The monoisotopic (exact) mass is 204 g/mol. The summed E-state index contributed by atoms with van der Waals surface area (Å²) in [5.41, 5.74) is 2.09. The Balaban J connectivity index is 3.08. The van der Waals surface area contributed by atoms with Gasteiger partial charge < -0.3 is 4.90 Å². The van der Waals surface area contributed by atoms with Gasteiger partial charge in [0.15, 0.2) is 6.21 Å². The smallest absolute Gasteiger partial charge is 0.173 e. The van der Waals surface area contributed by atoms with Crippen LogP contribution in [0.4, 0.5) is 0 Å². The summed E-state index contributed by atoms with van der Waals surface area (Å²) >= 11 is 0. The largest absolute Gasteiger partial charge is 0.383 e. The second-order valence-corrected chi connectivity index (χ2v) is 3.86. The van der Waals surface area contributed by atoms with Crippen molar-refractivity contribution in [3.63, 3.8) is 0 Å². The van der Waals surface area contributed by atoms with Gasteiger partial charge in [-0.05, 0) is 12.1 Å². The maximum Gasteiger partial charge on any atom is 0.173 e. The zero-order valence-electron chi connectivity index (χ0n) is 9.81. The van der Waals surface area contributed by atoms with Crippen LogP contribution in [0.15, 0.2) is 30.6 Å². The Morgan fingerprint density at radius 1 is 1.33 bits per heavy atom. The zero-order valence-corrected chi connectivity index (χ0v) is 9.81. The summed E-state index contributed by atoms with van der Waals surface area (Å²) in [7, 11) is 8.03. The second kappa shape index (κ2) is 5.29. The van der Waals surface area contributed by atoms with E-state index < -0.39 is 0 Å². The molecular weight excluding hydrogens is 186 g/mol. The maximum atomic E-state index is 4.33. The Morgan fingerprint density at radius 2 is 2.07 bits per heavy atom. The summed E-state index contributed by atoms with van der Waals surface area (Å²) in [5, 5.41) is 0. The molecule has 1 aromatic rings. The van der Waals surface area contributed by atoms with Crippen LogP contribution in [0.25, 0.3) is 5.57 Å². The van der Waals surface area contributed by atoms with Crippen LogP contribution < -0.4 is 0 Å². The number of rotatable bonds is 3. The maximum absolute atomic E-state index is 4.33. The van der Waals surface area contributed by atoms with Crippen LogP contribution in [0, 0.1) is 0 Å². The van der Waals surface area contributed by atoms with E-state index in [2.05, 4.69) is 17.4 Å². The van der Waals surface area contributed by atoms with Gasteiger partial charge in [-0.25, -0.2) is 4.58 Å². The summed E-state index contributed by atoms with van der Waals surface area (Å²) in [4.78, 5) is 6.35. The first kappa shape index (κ1) is 11.4. The van der Waals surface area contributed by atoms with E-state index in [9.17, 15) is 0 Å². The highest BCUT2D eigenvalue weighted by molar-refractivity contribution is 6.06. The second-order valence-electron chi connectivity index (χ2n) is 3.86. The highest BCUT2D eigenvalue weighted by Crippen LogP contribution is 2.08. The molecule has 0 radical (unpaired) electrons. The van der Waals surface area contributed by atoms with Gasteiger partial charge in [-0.3, -0.25) is 4.98 Å². The molecule has 0 unspecified atom stereocenters. The van der Waals surface area contributed by atoms with Crippen molar-refractivity contribution in [2.75, 3.05) is 28.2 Å². The molecule has 0 spiro atoms. The van der Waals surface area contributed by atoms with Gasteiger partial charge in [-0.2, -0.15) is 0 Å². The van der Waals surface area contributed by atoms with E-state index in [1.165, 1.54) is 0 Å². The predicted octanol–water partition coefficient (Wildman–Crippen LogP) is 1.33. The average Bonchev–Trinajstić information content (AvgIpc) is 2.17. The van der Waals surface area contributed by atoms with Gasteiger partial charge in [-0.15, -0.1) is 0 Å². The van der Waals surface area contributed by atoms with E-state index in [1.807, 2.05) is 62.1 Å². The molecule has 0 aliphatic rings. The van der Waals surface area contributed by atoms with Crippen molar-refractivity contribution < 1.29 is 4.58 Å². The van der Waals surface area contributed by atoms with Gasteiger partial charge >= 0.3 is 0 Å². The molecule has 0 saturated carbocycles. The van der Waals surface area contributed by atoms with Gasteiger partial charge in [0.1, 0.15) is 14.1 Å². The quantitative estimate of drug-likeness (QED) is 0.546. The van der Waals surface area contributed by atoms with E-state index >= 15 is 0 Å². The summed E-state index contributed by atoms with van der Waals surface area (Å²) in [6.45, 7) is 0. The third-order valence-corrected chi connectivity index (χ3v) is 1.76. The Kier molecular flexibility index (Phi) is 4.03. The topological polar surface area (TPSA) is 19.1 Å². The number of pyridine rings is 1. The first-order valence-corrected chi connectivity index (χ1v) is 4.90. The molecule has 1 aromatic heterocycles. The van der Waals surface area contributed by atoms with Crippen LogP contribution in [0.5, 0.6) is 0 Å². The standard InChI is InChI=1S/C12H18N3/c1-14(2)9-11(10-15(3)4)12-7-5-6-8-13-12/h5-10H,1-4H3/q+1. The summed E-state index contributed by atoms with van der Waals surface area (Å²) in [6.07, 6.45) is 5.92. The molecule has 0 amide bonds. The average molecular weight is 204 g/mol. The lowest BCUT2D eigenvalue weighted by atomic mass is 10.2. The first-order chi connectivity index (χ1) is 7.09. The van der Waals surface area contributed by atoms with E-state index in [1.54, 1.807) is 0 Å². The van der Waals surface area contributed by atoms with Gasteiger partial charge in [0.2, 0.25) is 0 Å². The minimum absolute atomic E-state index is 0.986. The van der Waals surface area contributed by atoms with Gasteiger partial charge in [-0.1, -0.05) is 6.07 Å². The van der Waals surface area contributed by atoms with E-state index in [0.717, 1.165) is 11.3 Å². The highest BCUT2D eigenvalue weighted by atomic mass is 15.0. The summed E-state index contributed by atoms with van der Waals surface area (Å²) < 4.78 is 2.02. The minimum atomic E-state index is 0.986. The molecule has 0 saturated heterocycles. The Morgan fingerprint density at radius 3 is 2.53 bits per heavy atom. The molecule has 1 rings (SSSR count). The third kappa shape index (κ3) is 3.94. The van der Waals surface area contributed by atoms with Crippen LogP contribution in [0.2, 0.25) is 0 Å². The Labute approximate surface area is 91.4 Å². The Bertz CT molecular complexity index is 360. The number of hydrogen-bond acceptors (Lipinski definition) is 2. The lowest BCUT2D eigenvalue weighted by Crippen LogP contribution is -2.07. The number of allylic oxidation sites excluding steroid dienone is 1. The molecule has 1 heterocycles. The van der Waals surface area contributed by atoms with Crippen LogP contribution >= 0.6 is 0 Å². The normalized spacial score (nSPS) is 11.1. The van der Waals surface area contributed by atoms with Crippen molar-refractivity contribution in [3.05, 3.63) is 36.3 Å². The van der Waals surface area contributed by atoms with E-state index in [-0.39, 0.29) is 0 Å². The summed E-state index contributed by atoms with van der Waals surface area (Å²) in [5.74, 6) is 0. The molecule has 0 atom stereocenters. The molecule has 3 nitrogen and oxygen atoms in total. The van der Waals surface area contributed by atoms with Crippen molar-refractivity contribution in [2.45, 2.75) is 0 Å². The first-order valence-electron chi connectivity index (χ1n) is 4.90. The molecule has 0 bridgehead atoms. The van der Waals surface area contributed by atoms with Gasteiger partial charge in [0.25, 0.3) is 0 Å². The number of aromatic nitrogens is 1. The highest BCUT2D eigenvalue weighted by Gasteiger charge is 2.03. The molecule has 0 fully saturated rings. The van der Waals surface area contributed by atoms with Crippen molar-refractivity contribution in [2.24, 2.45) is 0 Å². The predicted molar refractivity (Wildman–Crippen MR) is 64.1 cm³/mol. The van der Waals surface area contributed by atoms with Crippen molar-refractivity contribution >= 4 is 11.8 Å². The summed E-state index contributed by atoms with van der Waals surface area (Å²) in [6, 6.07) is 5.93. The molecule has 0 aliphatic carbocycles. The van der Waals surface area contributed by atoms with Crippen LogP contribution in [-0.4, -0.2) is 48.9 Å². The number of nitrogens with zero attached hydrogens (tertiary/aromatic N) is 3. The van der Waals surface area contributed by atoms with Crippen LogP contribution in [0.3, 0.4) is 0 Å². The fourth-order valence-electron chi connectivity index (χ4n) is 1.26. The zero-order chi connectivity index (χ0) is 11.3. The SMILES string of the molecule is CN(C)/C=C(/C=[N+](C)C)c1ccccn1.